The molecule has 10 nitrogen and oxygen atoms in total. The van der Waals surface area contributed by atoms with Gasteiger partial charge in [0, 0.05) is 10.8 Å². The summed E-state index contributed by atoms with van der Waals surface area (Å²) in [6.45, 7) is 2.97. The van der Waals surface area contributed by atoms with Gasteiger partial charge in [-0.3, -0.25) is 9.59 Å². The van der Waals surface area contributed by atoms with Crippen molar-refractivity contribution in [1.29, 1.82) is 0 Å². The Morgan fingerprint density at radius 3 is 1.62 bits per heavy atom. The van der Waals surface area contributed by atoms with Gasteiger partial charge >= 0.3 is 23.9 Å². The molecule has 0 aromatic rings. The lowest BCUT2D eigenvalue weighted by atomic mass is 9.55. The van der Waals surface area contributed by atoms with E-state index < -0.39 is 69.2 Å². The molecule has 2 N–H and O–H groups in total. The molecule has 0 aliphatic heterocycles. The van der Waals surface area contributed by atoms with Gasteiger partial charge in [0.05, 0.1) is 39.6 Å². The Bertz CT molecular complexity index is 838. The molecule has 0 unspecified atom stereocenters. The third-order valence-corrected chi connectivity index (χ3v) is 6.23. The van der Waals surface area contributed by atoms with Crippen molar-refractivity contribution in [3.8, 4) is 0 Å². The summed E-state index contributed by atoms with van der Waals surface area (Å²) in [5, 5.41) is 21.8. The molecule has 29 heavy (non-hydrogen) atoms. The number of aliphatic hydroxyl groups is 2. The summed E-state index contributed by atoms with van der Waals surface area (Å²) in [5.41, 5.74) is -4.32. The van der Waals surface area contributed by atoms with Crippen LogP contribution in [-0.4, -0.2) is 62.5 Å². The zero-order valence-corrected chi connectivity index (χ0v) is 17.0. The van der Waals surface area contributed by atoms with Crippen LogP contribution in [-0.2, 0) is 38.1 Å². The van der Waals surface area contributed by atoms with Gasteiger partial charge in [-0.05, 0) is 6.42 Å². The average molecular weight is 412 g/mol. The SMILES string of the molecule is CC[C@@]12C(C(=O)OC)=C(O)[C@H](C(=O)OC)[C@]1(C)C(C(=O)OC)=C(O)[C@H]2C(=O)OC. The molecule has 10 heteroatoms. The van der Waals surface area contributed by atoms with Crippen molar-refractivity contribution in [3.63, 3.8) is 0 Å². The Labute approximate surface area is 167 Å². The van der Waals surface area contributed by atoms with E-state index in [1.165, 1.54) is 6.92 Å². The first-order chi connectivity index (χ1) is 13.6. The number of carbonyl (C=O) groups excluding carboxylic acids is 4. The van der Waals surface area contributed by atoms with Crippen LogP contribution in [0.25, 0.3) is 0 Å². The molecule has 0 spiro atoms. The van der Waals surface area contributed by atoms with Crippen LogP contribution >= 0.6 is 0 Å². The minimum atomic E-state index is -1.77. The monoisotopic (exact) mass is 412 g/mol. The Hall–Kier alpha value is -3.04. The molecule has 0 radical (unpaired) electrons. The highest BCUT2D eigenvalue weighted by atomic mass is 16.5. The molecule has 0 heterocycles. The molecule has 2 aliphatic carbocycles. The van der Waals surface area contributed by atoms with Crippen molar-refractivity contribution >= 4 is 23.9 Å². The lowest BCUT2D eigenvalue weighted by molar-refractivity contribution is -0.158. The van der Waals surface area contributed by atoms with Crippen LogP contribution in [0, 0.1) is 22.7 Å². The van der Waals surface area contributed by atoms with Crippen molar-refractivity contribution in [2.45, 2.75) is 20.3 Å². The van der Waals surface area contributed by atoms with E-state index in [0.29, 0.717) is 0 Å². The minimum absolute atomic E-state index is 0.0458. The first-order valence-corrected chi connectivity index (χ1v) is 8.76. The average Bonchev–Trinajstić information content (AvgIpc) is 3.02. The molecule has 160 valence electrons. The third kappa shape index (κ3) is 2.47. The highest BCUT2D eigenvalue weighted by molar-refractivity contribution is 6.03. The molecule has 2 aliphatic rings. The summed E-state index contributed by atoms with van der Waals surface area (Å²) < 4.78 is 19.2. The Kier molecular flexibility index (Phi) is 5.69. The van der Waals surface area contributed by atoms with Crippen molar-refractivity contribution in [1.82, 2.24) is 0 Å². The summed E-state index contributed by atoms with van der Waals surface area (Å²) in [4.78, 5) is 50.7. The maximum absolute atomic E-state index is 12.7. The van der Waals surface area contributed by atoms with Crippen LogP contribution in [0.2, 0.25) is 0 Å². The fraction of sp³-hybridized carbons (Fsp3) is 0.579. The lowest BCUT2D eigenvalue weighted by Crippen LogP contribution is -2.49. The van der Waals surface area contributed by atoms with Gasteiger partial charge in [-0.15, -0.1) is 0 Å². The second-order valence-electron chi connectivity index (χ2n) is 6.94. The molecule has 0 bridgehead atoms. The van der Waals surface area contributed by atoms with Crippen molar-refractivity contribution in [3.05, 3.63) is 22.7 Å². The highest BCUT2D eigenvalue weighted by Gasteiger charge is 2.77. The van der Waals surface area contributed by atoms with Gasteiger partial charge in [-0.2, -0.15) is 0 Å². The van der Waals surface area contributed by atoms with Crippen LogP contribution in [0.4, 0.5) is 0 Å². The molecule has 0 aromatic carbocycles. The Morgan fingerprint density at radius 2 is 1.21 bits per heavy atom. The largest absolute Gasteiger partial charge is 0.511 e. The Morgan fingerprint density at radius 1 is 0.793 bits per heavy atom. The summed E-state index contributed by atoms with van der Waals surface area (Å²) in [6.07, 6.45) is -0.0458. The quantitative estimate of drug-likeness (QED) is 0.494. The normalized spacial score (nSPS) is 30.7. The van der Waals surface area contributed by atoms with Crippen LogP contribution < -0.4 is 0 Å². The fourth-order valence-electron chi connectivity index (χ4n) is 5.07. The van der Waals surface area contributed by atoms with Crippen molar-refractivity contribution in [2.75, 3.05) is 28.4 Å². The molecule has 0 fully saturated rings. The first kappa shape index (κ1) is 22.3. The zero-order chi connectivity index (χ0) is 22.3. The molecule has 0 saturated carbocycles. The molecular weight excluding hydrogens is 388 g/mol. The van der Waals surface area contributed by atoms with Gasteiger partial charge in [0.25, 0.3) is 0 Å². The third-order valence-electron chi connectivity index (χ3n) is 6.23. The molecule has 0 amide bonds. The summed E-state index contributed by atoms with van der Waals surface area (Å²) in [6, 6.07) is 0. The van der Waals surface area contributed by atoms with E-state index in [1.54, 1.807) is 6.92 Å². The number of hydrogen-bond donors (Lipinski definition) is 2. The number of fused-ring (bicyclic) bond motifs is 1. The Balaban J connectivity index is 3.05. The predicted molar refractivity (Wildman–Crippen MR) is 95.2 cm³/mol. The number of rotatable bonds is 5. The molecule has 2 rings (SSSR count). The second kappa shape index (κ2) is 7.41. The van der Waals surface area contributed by atoms with E-state index in [1.807, 2.05) is 0 Å². The maximum atomic E-state index is 12.7. The molecule has 0 aromatic heterocycles. The number of hydrogen-bond acceptors (Lipinski definition) is 10. The van der Waals surface area contributed by atoms with Gasteiger partial charge < -0.3 is 29.2 Å². The van der Waals surface area contributed by atoms with E-state index in [4.69, 9.17) is 18.9 Å². The summed E-state index contributed by atoms with van der Waals surface area (Å²) >= 11 is 0. The van der Waals surface area contributed by atoms with Crippen molar-refractivity contribution < 1.29 is 48.3 Å². The van der Waals surface area contributed by atoms with Crippen LogP contribution in [0.5, 0.6) is 0 Å². The predicted octanol–water partition coefficient (Wildman–Crippen LogP) is 0.965. The number of carbonyl (C=O) groups is 4. The van der Waals surface area contributed by atoms with Gasteiger partial charge in [0.15, 0.2) is 0 Å². The molecule has 4 atom stereocenters. The van der Waals surface area contributed by atoms with Crippen LogP contribution in [0.3, 0.4) is 0 Å². The smallest absolute Gasteiger partial charge is 0.337 e. The van der Waals surface area contributed by atoms with Crippen molar-refractivity contribution in [2.24, 2.45) is 22.7 Å². The number of aliphatic hydroxyl groups excluding tert-OH is 2. The van der Waals surface area contributed by atoms with Gasteiger partial charge in [0.2, 0.25) is 0 Å². The van der Waals surface area contributed by atoms with Gasteiger partial charge in [0.1, 0.15) is 23.4 Å². The van der Waals surface area contributed by atoms with E-state index in [2.05, 4.69) is 0 Å². The van der Waals surface area contributed by atoms with Crippen LogP contribution in [0.1, 0.15) is 20.3 Å². The lowest BCUT2D eigenvalue weighted by Gasteiger charge is -2.43. The van der Waals surface area contributed by atoms with E-state index in [0.717, 1.165) is 28.4 Å². The zero-order valence-electron chi connectivity index (χ0n) is 17.0. The highest BCUT2D eigenvalue weighted by Crippen LogP contribution is 2.72. The standard InChI is InChI=1S/C19H24O10/c1-7-19-10(16(24)28-5)12(20)8(14(22)26-3)18(19,2)9(15(23)27-4)13(21)11(19)17(25)29-6/h8,11,20-21H,7H2,1-6H3/t8-,11+,18-,19+/m1/s1. The van der Waals surface area contributed by atoms with E-state index in [9.17, 15) is 29.4 Å². The summed E-state index contributed by atoms with van der Waals surface area (Å²) in [5.74, 6) is -8.52. The van der Waals surface area contributed by atoms with Gasteiger partial charge in [-0.1, -0.05) is 13.8 Å². The number of ether oxygens (including phenoxy) is 4. The molecular formula is C19H24O10. The topological polar surface area (TPSA) is 146 Å². The second-order valence-corrected chi connectivity index (χ2v) is 6.94. The fourth-order valence-corrected chi connectivity index (χ4v) is 5.07. The van der Waals surface area contributed by atoms with E-state index in [-0.39, 0.29) is 6.42 Å². The number of esters is 4. The molecule has 0 saturated heterocycles. The van der Waals surface area contributed by atoms with Crippen LogP contribution in [0.15, 0.2) is 22.7 Å². The first-order valence-electron chi connectivity index (χ1n) is 8.76. The van der Waals surface area contributed by atoms with Gasteiger partial charge in [-0.25, -0.2) is 9.59 Å². The maximum Gasteiger partial charge on any atom is 0.337 e. The minimum Gasteiger partial charge on any atom is -0.511 e. The number of methoxy groups -OCH3 is 4. The van der Waals surface area contributed by atoms with E-state index >= 15 is 0 Å². The summed E-state index contributed by atoms with van der Waals surface area (Å²) in [7, 11) is 4.25.